The van der Waals surface area contributed by atoms with Crippen molar-refractivity contribution < 1.29 is 23.5 Å². The van der Waals surface area contributed by atoms with Gasteiger partial charge < -0.3 is 23.6 Å². The van der Waals surface area contributed by atoms with E-state index in [-0.39, 0.29) is 11.9 Å². The number of carbonyl (C=O) groups is 1. The van der Waals surface area contributed by atoms with Crippen molar-refractivity contribution >= 4 is 5.91 Å². The smallest absolute Gasteiger partial charge is 0.262 e. The van der Waals surface area contributed by atoms with Crippen LogP contribution in [0.25, 0.3) is 11.4 Å². The third kappa shape index (κ3) is 3.56. The molecule has 1 aliphatic rings. The third-order valence-electron chi connectivity index (χ3n) is 5.23. The number of ether oxygens (including phenoxy) is 3. The predicted molar refractivity (Wildman–Crippen MR) is 109 cm³/mol. The van der Waals surface area contributed by atoms with E-state index in [0.29, 0.717) is 35.3 Å². The van der Waals surface area contributed by atoms with Crippen molar-refractivity contribution in [2.24, 2.45) is 0 Å². The van der Waals surface area contributed by atoms with Gasteiger partial charge in [0.1, 0.15) is 28.9 Å². The van der Waals surface area contributed by atoms with E-state index in [0.717, 1.165) is 24.2 Å². The van der Waals surface area contributed by atoms with Gasteiger partial charge in [0.25, 0.3) is 5.91 Å². The van der Waals surface area contributed by atoms with Crippen molar-refractivity contribution in [3.8, 4) is 28.6 Å². The lowest BCUT2D eigenvalue weighted by Gasteiger charge is -2.23. The maximum atomic E-state index is 13.4. The zero-order chi connectivity index (χ0) is 21.1. The summed E-state index contributed by atoms with van der Waals surface area (Å²) < 4.78 is 21.5. The van der Waals surface area contributed by atoms with Gasteiger partial charge in [-0.2, -0.15) is 4.98 Å². The monoisotopic (exact) mass is 409 g/mol. The zero-order valence-corrected chi connectivity index (χ0v) is 17.1. The Labute approximate surface area is 174 Å². The molecule has 3 aromatic rings. The SMILES string of the molecule is COc1ccc(-c2noc([C@@H]3CCCN3C(=O)c3c(OC)cccc3OC)n2)cc1. The molecule has 1 amide bonds. The fourth-order valence-electron chi connectivity index (χ4n) is 3.70. The van der Waals surface area contributed by atoms with Crippen molar-refractivity contribution in [1.82, 2.24) is 15.0 Å². The molecule has 156 valence electrons. The average molecular weight is 409 g/mol. The highest BCUT2D eigenvalue weighted by atomic mass is 16.5. The summed E-state index contributed by atoms with van der Waals surface area (Å²) in [5.74, 6) is 2.39. The summed E-state index contributed by atoms with van der Waals surface area (Å²) in [6.07, 6.45) is 1.58. The molecule has 2 aromatic carbocycles. The summed E-state index contributed by atoms with van der Waals surface area (Å²) in [5, 5.41) is 4.11. The van der Waals surface area contributed by atoms with Gasteiger partial charge in [0.2, 0.25) is 11.7 Å². The van der Waals surface area contributed by atoms with Crippen LogP contribution in [-0.4, -0.2) is 48.8 Å². The molecular weight excluding hydrogens is 386 g/mol. The third-order valence-corrected chi connectivity index (χ3v) is 5.23. The molecule has 2 heterocycles. The van der Waals surface area contributed by atoms with Crippen molar-refractivity contribution in [2.75, 3.05) is 27.9 Å². The number of aromatic nitrogens is 2. The summed E-state index contributed by atoms with van der Waals surface area (Å²) in [6.45, 7) is 0.588. The van der Waals surface area contributed by atoms with E-state index in [9.17, 15) is 4.79 Å². The Morgan fingerprint density at radius 1 is 1.03 bits per heavy atom. The molecule has 0 radical (unpaired) electrons. The second-order valence-electron chi connectivity index (χ2n) is 6.88. The number of benzene rings is 2. The minimum absolute atomic E-state index is 0.184. The van der Waals surface area contributed by atoms with Crippen molar-refractivity contribution in [2.45, 2.75) is 18.9 Å². The summed E-state index contributed by atoms with van der Waals surface area (Å²) in [4.78, 5) is 19.7. The number of carbonyl (C=O) groups excluding carboxylic acids is 1. The lowest BCUT2D eigenvalue weighted by atomic mass is 10.1. The molecule has 1 aromatic heterocycles. The van der Waals surface area contributed by atoms with Crippen LogP contribution in [0.1, 0.15) is 35.1 Å². The summed E-state index contributed by atoms with van der Waals surface area (Å²) >= 11 is 0. The molecule has 1 saturated heterocycles. The van der Waals surface area contributed by atoms with E-state index in [1.807, 2.05) is 24.3 Å². The number of methoxy groups -OCH3 is 3. The van der Waals surface area contributed by atoms with Crippen LogP contribution in [0.4, 0.5) is 0 Å². The van der Waals surface area contributed by atoms with Crippen LogP contribution in [-0.2, 0) is 0 Å². The Kier molecular flexibility index (Phi) is 5.56. The lowest BCUT2D eigenvalue weighted by molar-refractivity contribution is 0.0703. The fraction of sp³-hybridized carbons (Fsp3) is 0.318. The van der Waals surface area contributed by atoms with Gasteiger partial charge in [-0.3, -0.25) is 4.79 Å². The van der Waals surface area contributed by atoms with Gasteiger partial charge in [-0.25, -0.2) is 0 Å². The van der Waals surface area contributed by atoms with E-state index < -0.39 is 0 Å². The lowest BCUT2D eigenvalue weighted by Crippen LogP contribution is -2.31. The first-order valence-electron chi connectivity index (χ1n) is 9.66. The average Bonchev–Trinajstić information content (AvgIpc) is 3.47. The van der Waals surface area contributed by atoms with Crippen LogP contribution in [0.5, 0.6) is 17.2 Å². The zero-order valence-electron chi connectivity index (χ0n) is 17.1. The molecule has 1 aliphatic heterocycles. The summed E-state index contributed by atoms with van der Waals surface area (Å²) in [6, 6.07) is 12.4. The quantitative estimate of drug-likeness (QED) is 0.613. The maximum Gasteiger partial charge on any atom is 0.262 e. The number of likely N-dealkylation sites (tertiary alicyclic amines) is 1. The van der Waals surface area contributed by atoms with Gasteiger partial charge in [-0.15, -0.1) is 0 Å². The molecule has 0 N–H and O–H groups in total. The van der Waals surface area contributed by atoms with Crippen LogP contribution >= 0.6 is 0 Å². The van der Waals surface area contributed by atoms with Crippen molar-refractivity contribution in [3.63, 3.8) is 0 Å². The molecule has 0 bridgehead atoms. The Balaban J connectivity index is 1.62. The second-order valence-corrected chi connectivity index (χ2v) is 6.88. The van der Waals surface area contributed by atoms with E-state index in [2.05, 4.69) is 10.1 Å². The number of amides is 1. The largest absolute Gasteiger partial charge is 0.497 e. The molecule has 30 heavy (non-hydrogen) atoms. The van der Waals surface area contributed by atoms with Crippen LogP contribution in [0.2, 0.25) is 0 Å². The molecule has 0 unspecified atom stereocenters. The topological polar surface area (TPSA) is 86.9 Å². The van der Waals surface area contributed by atoms with E-state index >= 15 is 0 Å². The Morgan fingerprint density at radius 3 is 2.37 bits per heavy atom. The number of hydrogen-bond acceptors (Lipinski definition) is 7. The molecule has 8 heteroatoms. The molecule has 0 aliphatic carbocycles. The van der Waals surface area contributed by atoms with Crippen molar-refractivity contribution in [1.29, 1.82) is 0 Å². The summed E-state index contributed by atoms with van der Waals surface area (Å²) in [7, 11) is 4.68. The molecule has 1 atom stereocenters. The van der Waals surface area contributed by atoms with E-state index in [1.165, 1.54) is 14.2 Å². The molecular formula is C22H23N3O5. The number of hydrogen-bond donors (Lipinski definition) is 0. The molecule has 1 fully saturated rings. The van der Waals surface area contributed by atoms with E-state index in [1.54, 1.807) is 30.2 Å². The second kappa shape index (κ2) is 8.44. The first-order valence-corrected chi connectivity index (χ1v) is 9.66. The van der Waals surface area contributed by atoms with Crippen LogP contribution in [0.3, 0.4) is 0 Å². The summed E-state index contributed by atoms with van der Waals surface area (Å²) in [5.41, 5.74) is 1.21. The first kappa shape index (κ1) is 19.8. The highest BCUT2D eigenvalue weighted by Crippen LogP contribution is 2.37. The van der Waals surface area contributed by atoms with Crippen molar-refractivity contribution in [3.05, 3.63) is 53.9 Å². The van der Waals surface area contributed by atoms with Gasteiger partial charge in [0.05, 0.1) is 21.3 Å². The van der Waals surface area contributed by atoms with Crippen LogP contribution in [0, 0.1) is 0 Å². The molecule has 0 saturated carbocycles. The number of rotatable bonds is 6. The van der Waals surface area contributed by atoms with Gasteiger partial charge in [-0.1, -0.05) is 11.2 Å². The van der Waals surface area contributed by atoms with E-state index in [4.69, 9.17) is 18.7 Å². The Morgan fingerprint density at radius 2 is 1.73 bits per heavy atom. The minimum Gasteiger partial charge on any atom is -0.497 e. The Hall–Kier alpha value is -3.55. The molecule has 4 rings (SSSR count). The van der Waals surface area contributed by atoms with Gasteiger partial charge in [0.15, 0.2) is 0 Å². The van der Waals surface area contributed by atoms with Crippen LogP contribution < -0.4 is 14.2 Å². The molecule has 0 spiro atoms. The first-order chi connectivity index (χ1) is 14.7. The molecule has 8 nitrogen and oxygen atoms in total. The predicted octanol–water partition coefficient (Wildman–Crippen LogP) is 3.74. The minimum atomic E-state index is -0.299. The normalized spacial score (nSPS) is 15.8. The standard InChI is InChI=1S/C22H23N3O5/c1-27-15-11-9-14(10-12-15)20-23-21(30-24-20)16-6-5-13-25(16)22(26)19-17(28-2)7-4-8-18(19)29-3/h4,7-12,16H,5-6,13H2,1-3H3/t16-/m0/s1. The maximum absolute atomic E-state index is 13.4. The van der Waals surface area contributed by atoms with Gasteiger partial charge >= 0.3 is 0 Å². The highest BCUT2D eigenvalue weighted by Gasteiger charge is 2.36. The highest BCUT2D eigenvalue weighted by molar-refractivity contribution is 6.00. The number of nitrogens with zero attached hydrogens (tertiary/aromatic N) is 3. The fourth-order valence-corrected chi connectivity index (χ4v) is 3.70. The Bertz CT molecular complexity index is 1010. The van der Waals surface area contributed by atoms with Gasteiger partial charge in [-0.05, 0) is 49.2 Å². The van der Waals surface area contributed by atoms with Gasteiger partial charge in [0, 0.05) is 12.1 Å². The van der Waals surface area contributed by atoms with Crippen LogP contribution in [0.15, 0.2) is 47.0 Å².